The molecule has 0 saturated carbocycles. The number of nitrogens with zero attached hydrogens (tertiary/aromatic N) is 2. The van der Waals surface area contributed by atoms with Crippen molar-refractivity contribution in [2.45, 2.75) is 25.7 Å². The fourth-order valence-electron chi connectivity index (χ4n) is 1.68. The minimum absolute atomic E-state index is 0.0223. The average molecular weight is 320 g/mol. The minimum atomic E-state index is -3.78. The number of sulfonamides is 1. The average Bonchev–Trinajstić information content (AvgIpc) is 2.42. The Morgan fingerprint density at radius 1 is 1.14 bits per heavy atom. The fourth-order valence-corrected chi connectivity index (χ4v) is 2.63. The van der Waals surface area contributed by atoms with Crippen molar-refractivity contribution in [3.05, 3.63) is 41.7 Å². The molecule has 2 rings (SSSR count). The van der Waals surface area contributed by atoms with Gasteiger partial charge in [0.05, 0.1) is 4.90 Å². The maximum atomic E-state index is 12.3. The van der Waals surface area contributed by atoms with Crippen molar-refractivity contribution >= 4 is 27.6 Å². The second kappa shape index (κ2) is 6.10. The molecule has 0 aliphatic heterocycles. The van der Waals surface area contributed by atoms with E-state index in [1.807, 2.05) is 6.92 Å². The first-order valence-electron chi connectivity index (χ1n) is 6.48. The van der Waals surface area contributed by atoms with E-state index in [2.05, 4.69) is 20.0 Å². The molecule has 116 valence electrons. The number of carbonyl (C=O) groups is 1. The lowest BCUT2D eigenvalue weighted by Crippen LogP contribution is -2.15. The highest BCUT2D eigenvalue weighted by molar-refractivity contribution is 7.92. The SMILES string of the molecule is CC(=O)Nc1ccc(S(=O)(=O)Nc2ncc(C)c(C)n2)cc1. The van der Waals surface area contributed by atoms with Gasteiger partial charge in [-0.05, 0) is 43.7 Å². The Bertz CT molecular complexity index is 801. The highest BCUT2D eigenvalue weighted by Gasteiger charge is 2.16. The van der Waals surface area contributed by atoms with Crippen LogP contribution in [0.1, 0.15) is 18.2 Å². The molecule has 0 unspecified atom stereocenters. The van der Waals surface area contributed by atoms with E-state index in [0.717, 1.165) is 5.56 Å². The number of rotatable bonds is 4. The smallest absolute Gasteiger partial charge is 0.264 e. The summed E-state index contributed by atoms with van der Waals surface area (Å²) in [6.07, 6.45) is 1.56. The number of nitrogens with one attached hydrogen (secondary N) is 2. The second-order valence-corrected chi connectivity index (χ2v) is 6.46. The minimum Gasteiger partial charge on any atom is -0.326 e. The maximum absolute atomic E-state index is 12.3. The van der Waals surface area contributed by atoms with Crippen molar-refractivity contribution in [3.63, 3.8) is 0 Å². The number of carbonyl (C=O) groups excluding carboxylic acids is 1. The second-order valence-electron chi connectivity index (χ2n) is 4.77. The molecule has 1 aromatic carbocycles. The Morgan fingerprint density at radius 2 is 1.77 bits per heavy atom. The Labute approximate surface area is 128 Å². The van der Waals surface area contributed by atoms with Crippen LogP contribution in [0, 0.1) is 13.8 Å². The van der Waals surface area contributed by atoms with Crippen LogP contribution in [0.4, 0.5) is 11.6 Å². The molecular weight excluding hydrogens is 304 g/mol. The molecule has 0 aliphatic carbocycles. The van der Waals surface area contributed by atoms with Gasteiger partial charge in [-0.25, -0.2) is 23.1 Å². The maximum Gasteiger partial charge on any atom is 0.264 e. The number of benzene rings is 1. The van der Waals surface area contributed by atoms with Crippen LogP contribution in [0.5, 0.6) is 0 Å². The van der Waals surface area contributed by atoms with Crippen molar-refractivity contribution < 1.29 is 13.2 Å². The van der Waals surface area contributed by atoms with E-state index in [4.69, 9.17) is 0 Å². The van der Waals surface area contributed by atoms with Crippen LogP contribution in [0.2, 0.25) is 0 Å². The van der Waals surface area contributed by atoms with Crippen molar-refractivity contribution in [3.8, 4) is 0 Å². The van der Waals surface area contributed by atoms with Crippen LogP contribution >= 0.6 is 0 Å². The van der Waals surface area contributed by atoms with Crippen LogP contribution in [-0.4, -0.2) is 24.3 Å². The largest absolute Gasteiger partial charge is 0.326 e. The predicted octanol–water partition coefficient (Wildman–Crippen LogP) is 1.85. The van der Waals surface area contributed by atoms with Crippen molar-refractivity contribution in [1.82, 2.24) is 9.97 Å². The lowest BCUT2D eigenvalue weighted by Gasteiger charge is -2.09. The van der Waals surface area contributed by atoms with Crippen molar-refractivity contribution in [1.29, 1.82) is 0 Å². The summed E-state index contributed by atoms with van der Waals surface area (Å²) in [4.78, 5) is 19.0. The van der Waals surface area contributed by atoms with E-state index in [9.17, 15) is 13.2 Å². The molecule has 22 heavy (non-hydrogen) atoms. The summed E-state index contributed by atoms with van der Waals surface area (Å²) >= 11 is 0. The van der Waals surface area contributed by atoms with Gasteiger partial charge >= 0.3 is 0 Å². The predicted molar refractivity (Wildman–Crippen MR) is 83.1 cm³/mol. The molecule has 8 heteroatoms. The zero-order valence-electron chi connectivity index (χ0n) is 12.4. The first kappa shape index (κ1) is 15.9. The van der Waals surface area contributed by atoms with Crippen LogP contribution in [0.15, 0.2) is 35.4 Å². The molecule has 0 aliphatic rings. The van der Waals surface area contributed by atoms with Crippen LogP contribution < -0.4 is 10.0 Å². The van der Waals surface area contributed by atoms with Crippen LogP contribution in [-0.2, 0) is 14.8 Å². The lowest BCUT2D eigenvalue weighted by atomic mass is 10.3. The van der Waals surface area contributed by atoms with Gasteiger partial charge in [0, 0.05) is 24.5 Å². The van der Waals surface area contributed by atoms with Gasteiger partial charge < -0.3 is 5.32 Å². The van der Waals surface area contributed by atoms with Gasteiger partial charge in [0.15, 0.2) is 0 Å². The van der Waals surface area contributed by atoms with E-state index in [1.165, 1.54) is 31.2 Å². The van der Waals surface area contributed by atoms with Gasteiger partial charge in [0.25, 0.3) is 10.0 Å². The summed E-state index contributed by atoms with van der Waals surface area (Å²) in [5.74, 6) is -0.202. The van der Waals surface area contributed by atoms with Gasteiger partial charge in [-0.15, -0.1) is 0 Å². The van der Waals surface area contributed by atoms with Crippen LogP contribution in [0.3, 0.4) is 0 Å². The Kier molecular flexibility index (Phi) is 4.41. The Hall–Kier alpha value is -2.48. The molecule has 1 amide bonds. The van der Waals surface area contributed by atoms with E-state index in [1.54, 1.807) is 13.1 Å². The van der Waals surface area contributed by atoms with Crippen molar-refractivity contribution in [2.75, 3.05) is 10.0 Å². The highest BCUT2D eigenvalue weighted by atomic mass is 32.2. The fraction of sp³-hybridized carbons (Fsp3) is 0.214. The van der Waals surface area contributed by atoms with E-state index < -0.39 is 10.0 Å². The topological polar surface area (TPSA) is 101 Å². The van der Waals surface area contributed by atoms with Gasteiger partial charge in [0.2, 0.25) is 11.9 Å². The quantitative estimate of drug-likeness (QED) is 0.895. The molecule has 0 spiro atoms. The summed E-state index contributed by atoms with van der Waals surface area (Å²) in [5, 5.41) is 2.57. The molecule has 0 fully saturated rings. The van der Waals surface area contributed by atoms with E-state index in [-0.39, 0.29) is 16.8 Å². The first-order chi connectivity index (χ1) is 10.3. The number of amides is 1. The van der Waals surface area contributed by atoms with E-state index >= 15 is 0 Å². The lowest BCUT2D eigenvalue weighted by molar-refractivity contribution is -0.114. The van der Waals surface area contributed by atoms with Gasteiger partial charge in [-0.1, -0.05) is 0 Å². The standard InChI is InChI=1S/C14H16N4O3S/c1-9-8-15-14(16-10(9)2)18-22(20,21)13-6-4-12(5-7-13)17-11(3)19/h4-8H,1-3H3,(H,17,19)(H,15,16,18). The molecule has 0 radical (unpaired) electrons. The Balaban J connectivity index is 2.22. The third-order valence-corrected chi connectivity index (χ3v) is 4.28. The molecule has 7 nitrogen and oxygen atoms in total. The normalized spacial score (nSPS) is 11.0. The van der Waals surface area contributed by atoms with Gasteiger partial charge in [0.1, 0.15) is 0 Å². The number of hydrogen-bond donors (Lipinski definition) is 2. The summed E-state index contributed by atoms with van der Waals surface area (Å²) in [6.45, 7) is 4.99. The van der Waals surface area contributed by atoms with Gasteiger partial charge in [-0.2, -0.15) is 0 Å². The molecule has 1 heterocycles. The molecule has 2 aromatic rings. The van der Waals surface area contributed by atoms with Crippen LogP contribution in [0.25, 0.3) is 0 Å². The van der Waals surface area contributed by atoms with E-state index in [0.29, 0.717) is 11.4 Å². The number of hydrogen-bond acceptors (Lipinski definition) is 5. The summed E-state index contributed by atoms with van der Waals surface area (Å²) in [7, 11) is -3.78. The molecule has 2 N–H and O–H groups in total. The van der Waals surface area contributed by atoms with Crippen molar-refractivity contribution in [2.24, 2.45) is 0 Å². The highest BCUT2D eigenvalue weighted by Crippen LogP contribution is 2.17. The monoisotopic (exact) mass is 320 g/mol. The Morgan fingerprint density at radius 3 is 2.32 bits per heavy atom. The zero-order chi connectivity index (χ0) is 16.3. The number of aryl methyl sites for hydroxylation is 2. The third kappa shape index (κ3) is 3.79. The first-order valence-corrected chi connectivity index (χ1v) is 7.97. The van der Waals surface area contributed by atoms with Gasteiger partial charge in [-0.3, -0.25) is 4.79 Å². The molecule has 1 aromatic heterocycles. The summed E-state index contributed by atoms with van der Waals surface area (Å²) in [5.41, 5.74) is 2.10. The molecule has 0 atom stereocenters. The summed E-state index contributed by atoms with van der Waals surface area (Å²) < 4.78 is 26.8. The number of anilines is 2. The molecule has 0 bridgehead atoms. The number of aromatic nitrogens is 2. The third-order valence-electron chi connectivity index (χ3n) is 2.94. The molecule has 0 saturated heterocycles. The zero-order valence-corrected chi connectivity index (χ0v) is 13.2. The molecular formula is C14H16N4O3S. The summed E-state index contributed by atoms with van der Waals surface area (Å²) in [6, 6.07) is 5.82.